The predicted molar refractivity (Wildman–Crippen MR) is 84.9 cm³/mol. The van der Waals surface area contributed by atoms with E-state index in [2.05, 4.69) is 11.4 Å². The molecule has 2 unspecified atom stereocenters. The van der Waals surface area contributed by atoms with E-state index in [-0.39, 0.29) is 30.4 Å². The average Bonchev–Trinajstić information content (AvgIpc) is 2.60. The summed E-state index contributed by atoms with van der Waals surface area (Å²) in [6.45, 7) is -0.00510. The van der Waals surface area contributed by atoms with Crippen molar-refractivity contribution in [1.82, 2.24) is 0 Å². The first-order valence-corrected chi connectivity index (χ1v) is 7.80. The monoisotopic (exact) mass is 313 g/mol. The highest BCUT2D eigenvalue weighted by Gasteiger charge is 2.34. The first kappa shape index (κ1) is 15.5. The van der Waals surface area contributed by atoms with Crippen LogP contribution in [0.25, 0.3) is 0 Å². The molecule has 0 aromatic heterocycles. The molecule has 1 heterocycles. The molecule has 1 aromatic carbocycles. The number of nitriles is 1. The van der Waals surface area contributed by atoms with Crippen molar-refractivity contribution in [2.75, 3.05) is 23.9 Å². The van der Waals surface area contributed by atoms with Gasteiger partial charge in [-0.3, -0.25) is 9.59 Å². The van der Waals surface area contributed by atoms with Gasteiger partial charge in [0.2, 0.25) is 11.8 Å². The van der Waals surface area contributed by atoms with Crippen molar-refractivity contribution in [2.45, 2.75) is 31.8 Å². The summed E-state index contributed by atoms with van der Waals surface area (Å²) >= 11 is 0. The molecule has 6 nitrogen and oxygen atoms in total. The van der Waals surface area contributed by atoms with Crippen molar-refractivity contribution < 1.29 is 14.3 Å². The molecule has 0 bridgehead atoms. The maximum absolute atomic E-state index is 12.9. The van der Waals surface area contributed by atoms with Crippen LogP contribution in [0.4, 0.5) is 11.4 Å². The molecule has 6 heteroatoms. The lowest BCUT2D eigenvalue weighted by atomic mass is 9.86. The van der Waals surface area contributed by atoms with E-state index in [0.29, 0.717) is 23.4 Å². The Morgan fingerprint density at radius 2 is 2.26 bits per heavy atom. The van der Waals surface area contributed by atoms with Gasteiger partial charge >= 0.3 is 0 Å². The van der Waals surface area contributed by atoms with E-state index in [4.69, 9.17) is 10.00 Å². The molecule has 1 aromatic rings. The molecular weight excluding hydrogens is 294 g/mol. The number of amides is 2. The van der Waals surface area contributed by atoms with Crippen molar-refractivity contribution in [3.63, 3.8) is 0 Å². The first-order chi connectivity index (χ1) is 11.1. The van der Waals surface area contributed by atoms with Crippen LogP contribution >= 0.6 is 0 Å². The second kappa shape index (κ2) is 6.39. The molecule has 2 atom stereocenters. The Balaban J connectivity index is 1.89. The van der Waals surface area contributed by atoms with Crippen LogP contribution in [-0.2, 0) is 14.3 Å². The topological polar surface area (TPSA) is 82.4 Å². The lowest BCUT2D eigenvalue weighted by molar-refractivity contribution is -0.126. The molecule has 2 aliphatic rings. The van der Waals surface area contributed by atoms with Gasteiger partial charge in [-0.25, -0.2) is 0 Å². The number of benzene rings is 1. The van der Waals surface area contributed by atoms with E-state index >= 15 is 0 Å². The summed E-state index contributed by atoms with van der Waals surface area (Å²) < 4.78 is 5.39. The van der Waals surface area contributed by atoms with Crippen LogP contribution in [0.5, 0.6) is 0 Å². The maximum atomic E-state index is 12.9. The number of ether oxygens (including phenoxy) is 1. The van der Waals surface area contributed by atoms with Gasteiger partial charge < -0.3 is 15.0 Å². The van der Waals surface area contributed by atoms with Gasteiger partial charge in [-0.05, 0) is 37.5 Å². The summed E-state index contributed by atoms with van der Waals surface area (Å²) in [6.07, 6.45) is 3.50. The summed E-state index contributed by atoms with van der Waals surface area (Å²) in [7, 11) is 1.67. The van der Waals surface area contributed by atoms with Crippen LogP contribution in [0.15, 0.2) is 18.2 Å². The second-order valence-electron chi connectivity index (χ2n) is 6.04. The Hall–Kier alpha value is -2.39. The quantitative estimate of drug-likeness (QED) is 0.906. The zero-order valence-corrected chi connectivity index (χ0v) is 13.0. The lowest BCUT2D eigenvalue weighted by Gasteiger charge is -2.34. The van der Waals surface area contributed by atoms with Crippen LogP contribution in [0.3, 0.4) is 0 Å². The number of fused-ring (bicyclic) bond motifs is 1. The number of nitrogens with zero attached hydrogens (tertiary/aromatic N) is 2. The molecule has 0 spiro atoms. The van der Waals surface area contributed by atoms with Crippen LogP contribution in [-0.4, -0.2) is 31.6 Å². The van der Waals surface area contributed by atoms with Crippen molar-refractivity contribution in [1.29, 1.82) is 5.26 Å². The van der Waals surface area contributed by atoms with Crippen molar-refractivity contribution >= 4 is 23.2 Å². The Labute approximate surface area is 135 Å². The first-order valence-electron chi connectivity index (χ1n) is 7.80. The van der Waals surface area contributed by atoms with Crippen LogP contribution in [0, 0.1) is 17.2 Å². The van der Waals surface area contributed by atoms with Crippen molar-refractivity contribution in [3.8, 4) is 6.07 Å². The van der Waals surface area contributed by atoms with Gasteiger partial charge in [-0.15, -0.1) is 0 Å². The van der Waals surface area contributed by atoms with E-state index in [1.165, 1.54) is 4.90 Å². The highest BCUT2D eigenvalue weighted by molar-refractivity contribution is 6.10. The third kappa shape index (κ3) is 3.06. The summed E-state index contributed by atoms with van der Waals surface area (Å²) in [4.78, 5) is 26.3. The van der Waals surface area contributed by atoms with Gasteiger partial charge in [0.05, 0.1) is 29.1 Å². The number of nitrogens with one attached hydrogen (secondary N) is 1. The van der Waals surface area contributed by atoms with E-state index in [0.717, 1.165) is 19.3 Å². The summed E-state index contributed by atoms with van der Waals surface area (Å²) in [5.74, 6) is -0.411. The third-order valence-corrected chi connectivity index (χ3v) is 4.57. The molecule has 2 amide bonds. The average molecular weight is 313 g/mol. The summed E-state index contributed by atoms with van der Waals surface area (Å²) in [5, 5.41) is 11.8. The zero-order chi connectivity index (χ0) is 16.4. The fourth-order valence-electron chi connectivity index (χ4n) is 3.35. The predicted octanol–water partition coefficient (Wildman–Crippen LogP) is 2.05. The molecule has 0 radical (unpaired) electrons. The van der Waals surface area contributed by atoms with Gasteiger partial charge in [0.25, 0.3) is 0 Å². The smallest absolute Gasteiger partial charge is 0.244 e. The number of rotatable bonds is 2. The van der Waals surface area contributed by atoms with Gasteiger partial charge in [0.15, 0.2) is 0 Å². The van der Waals surface area contributed by atoms with Crippen LogP contribution in [0.2, 0.25) is 0 Å². The molecule has 1 saturated carbocycles. The molecule has 0 saturated heterocycles. The number of carbonyl (C=O) groups is 2. The molecule has 120 valence electrons. The number of carbonyl (C=O) groups excluding carboxylic acids is 2. The van der Waals surface area contributed by atoms with E-state index in [1.54, 1.807) is 25.3 Å². The highest BCUT2D eigenvalue weighted by Crippen LogP contribution is 2.34. The van der Waals surface area contributed by atoms with Crippen molar-refractivity contribution in [2.24, 2.45) is 5.92 Å². The second-order valence-corrected chi connectivity index (χ2v) is 6.04. The minimum atomic E-state index is -0.213. The number of hydrogen-bond acceptors (Lipinski definition) is 4. The van der Waals surface area contributed by atoms with Crippen LogP contribution in [0.1, 0.15) is 31.2 Å². The Bertz CT molecular complexity index is 680. The Kier molecular flexibility index (Phi) is 4.30. The molecule has 1 aliphatic carbocycles. The van der Waals surface area contributed by atoms with Gasteiger partial charge in [-0.2, -0.15) is 5.26 Å². The standard InChI is InChI=1S/C17H19N3O3/c1-23-13-4-2-3-12(8-13)17(22)20-10-16(21)19-14-6-5-11(9-18)7-15(14)20/h5-7,12-13H,2-4,8,10H2,1H3,(H,19,21). The minimum absolute atomic E-state index is 0.00510. The largest absolute Gasteiger partial charge is 0.381 e. The normalized spacial score (nSPS) is 23.7. The number of anilines is 2. The van der Waals surface area contributed by atoms with Gasteiger partial charge in [0.1, 0.15) is 6.54 Å². The summed E-state index contributed by atoms with van der Waals surface area (Å²) in [5.41, 5.74) is 1.65. The Morgan fingerprint density at radius 3 is 3.00 bits per heavy atom. The lowest BCUT2D eigenvalue weighted by Crippen LogP contribution is -2.46. The van der Waals surface area contributed by atoms with E-state index in [1.807, 2.05) is 0 Å². The SMILES string of the molecule is COC1CCCC(C(=O)N2CC(=O)Nc3ccc(C#N)cc32)C1. The van der Waals surface area contributed by atoms with Gasteiger partial charge in [-0.1, -0.05) is 6.42 Å². The fraction of sp³-hybridized carbons (Fsp3) is 0.471. The third-order valence-electron chi connectivity index (χ3n) is 4.57. The van der Waals surface area contributed by atoms with Gasteiger partial charge in [0, 0.05) is 13.0 Å². The number of methoxy groups -OCH3 is 1. The zero-order valence-electron chi connectivity index (χ0n) is 13.0. The van der Waals surface area contributed by atoms with E-state index in [9.17, 15) is 9.59 Å². The van der Waals surface area contributed by atoms with Crippen LogP contribution < -0.4 is 10.2 Å². The molecule has 1 aliphatic heterocycles. The maximum Gasteiger partial charge on any atom is 0.244 e. The van der Waals surface area contributed by atoms with E-state index < -0.39 is 0 Å². The molecule has 1 fully saturated rings. The molecular formula is C17H19N3O3. The highest BCUT2D eigenvalue weighted by atomic mass is 16.5. The fourth-order valence-corrected chi connectivity index (χ4v) is 3.35. The van der Waals surface area contributed by atoms with Crippen molar-refractivity contribution in [3.05, 3.63) is 23.8 Å². The number of hydrogen-bond donors (Lipinski definition) is 1. The Morgan fingerprint density at radius 1 is 1.43 bits per heavy atom. The molecule has 1 N–H and O–H groups in total. The summed E-state index contributed by atoms with van der Waals surface area (Å²) in [6, 6.07) is 7.03. The molecule has 23 heavy (non-hydrogen) atoms. The molecule has 3 rings (SSSR count). The minimum Gasteiger partial charge on any atom is -0.381 e.